The van der Waals surface area contributed by atoms with Gasteiger partial charge in [-0.1, -0.05) is 0 Å². The molecule has 0 spiro atoms. The van der Waals surface area contributed by atoms with Crippen LogP contribution in [-0.4, -0.2) is 31.6 Å². The smallest absolute Gasteiger partial charge is 0.241 e. The molecule has 0 aliphatic heterocycles. The quantitative estimate of drug-likeness (QED) is 0.751. The van der Waals surface area contributed by atoms with Gasteiger partial charge in [-0.3, -0.25) is 4.57 Å². The van der Waals surface area contributed by atoms with Gasteiger partial charge in [-0.15, -0.1) is 11.3 Å². The Labute approximate surface area is 126 Å². The third-order valence-corrected chi connectivity index (χ3v) is 3.80. The van der Waals surface area contributed by atoms with E-state index in [2.05, 4.69) is 49.6 Å². The number of anilines is 2. The maximum absolute atomic E-state index is 4.40. The molecule has 3 rings (SSSR count). The fourth-order valence-corrected chi connectivity index (χ4v) is 2.62. The molecule has 0 radical (unpaired) electrons. The number of aryl methyl sites for hydroxylation is 1. The highest BCUT2D eigenvalue weighted by atomic mass is 32.1. The van der Waals surface area contributed by atoms with Gasteiger partial charge in [0.05, 0.1) is 6.54 Å². The van der Waals surface area contributed by atoms with Crippen LogP contribution in [0, 0.1) is 6.92 Å². The number of thiophene rings is 1. The Kier molecular flexibility index (Phi) is 3.78. The van der Waals surface area contributed by atoms with Gasteiger partial charge in [0.1, 0.15) is 6.33 Å². The first-order valence-electron chi connectivity index (χ1n) is 6.46. The van der Waals surface area contributed by atoms with Gasteiger partial charge in [-0.05, 0) is 19.1 Å². The minimum Gasteiger partial charge on any atom is -0.357 e. The summed E-state index contributed by atoms with van der Waals surface area (Å²) in [6.45, 7) is 2.78. The van der Waals surface area contributed by atoms with Crippen LogP contribution in [0.15, 0.2) is 30.9 Å². The van der Waals surface area contributed by atoms with Gasteiger partial charge in [0.25, 0.3) is 0 Å². The van der Waals surface area contributed by atoms with E-state index in [9.17, 15) is 0 Å². The van der Waals surface area contributed by atoms with Crippen LogP contribution in [0.5, 0.6) is 0 Å². The molecule has 0 fully saturated rings. The zero-order valence-electron chi connectivity index (χ0n) is 11.7. The molecule has 108 valence electrons. The second kappa shape index (κ2) is 5.88. The largest absolute Gasteiger partial charge is 0.357 e. The molecule has 8 heteroatoms. The third-order valence-electron chi connectivity index (χ3n) is 2.80. The molecule has 0 aromatic carbocycles. The van der Waals surface area contributed by atoms with E-state index in [-0.39, 0.29) is 0 Å². The van der Waals surface area contributed by atoms with E-state index in [0.717, 1.165) is 0 Å². The van der Waals surface area contributed by atoms with Crippen LogP contribution in [0.3, 0.4) is 0 Å². The van der Waals surface area contributed by atoms with E-state index >= 15 is 0 Å². The van der Waals surface area contributed by atoms with Crippen LogP contribution in [0.4, 0.5) is 11.9 Å². The summed E-state index contributed by atoms with van der Waals surface area (Å²) >= 11 is 1.75. The number of hydrogen-bond acceptors (Lipinski definition) is 7. The van der Waals surface area contributed by atoms with Crippen molar-refractivity contribution in [1.29, 1.82) is 0 Å². The molecule has 0 unspecified atom stereocenters. The molecular formula is C13H15N7S. The maximum Gasteiger partial charge on any atom is 0.241 e. The third kappa shape index (κ3) is 3.16. The van der Waals surface area contributed by atoms with Crippen molar-refractivity contribution in [2.24, 2.45) is 0 Å². The minimum absolute atomic E-state index is 0.513. The summed E-state index contributed by atoms with van der Waals surface area (Å²) in [5, 5.41) is 6.16. The highest BCUT2D eigenvalue weighted by Crippen LogP contribution is 2.16. The lowest BCUT2D eigenvalue weighted by Crippen LogP contribution is -2.10. The van der Waals surface area contributed by atoms with Crippen LogP contribution in [-0.2, 0) is 6.54 Å². The van der Waals surface area contributed by atoms with E-state index in [1.54, 1.807) is 41.7 Å². The average molecular weight is 301 g/mol. The number of rotatable bonds is 5. The molecule has 0 aliphatic rings. The Morgan fingerprint density at radius 3 is 2.71 bits per heavy atom. The first-order valence-corrected chi connectivity index (χ1v) is 7.27. The Hall–Kier alpha value is -2.48. The fraction of sp³-hybridized carbons (Fsp3) is 0.231. The second-order valence-corrected chi connectivity index (χ2v) is 5.74. The van der Waals surface area contributed by atoms with Gasteiger partial charge < -0.3 is 10.6 Å². The lowest BCUT2D eigenvalue weighted by atomic mass is 10.4. The summed E-state index contributed by atoms with van der Waals surface area (Å²) in [5.41, 5.74) is 0. The minimum atomic E-state index is 0.513. The number of hydrogen-bond donors (Lipinski definition) is 2. The van der Waals surface area contributed by atoms with Crippen molar-refractivity contribution in [2.75, 3.05) is 17.7 Å². The molecule has 0 amide bonds. The lowest BCUT2D eigenvalue weighted by Gasteiger charge is -2.08. The summed E-state index contributed by atoms with van der Waals surface area (Å²) in [5.74, 6) is 1.57. The predicted octanol–water partition coefficient (Wildman–Crippen LogP) is 2.08. The van der Waals surface area contributed by atoms with E-state index in [4.69, 9.17) is 0 Å². The lowest BCUT2D eigenvalue weighted by molar-refractivity contribution is 0.892. The molecule has 3 heterocycles. The van der Waals surface area contributed by atoms with Crippen LogP contribution in [0.1, 0.15) is 9.75 Å². The highest BCUT2D eigenvalue weighted by Gasteiger charge is 2.07. The molecular weight excluding hydrogens is 286 g/mol. The first kappa shape index (κ1) is 13.5. The summed E-state index contributed by atoms with van der Waals surface area (Å²) in [4.78, 5) is 19.5. The van der Waals surface area contributed by atoms with Crippen LogP contribution in [0.25, 0.3) is 5.95 Å². The van der Waals surface area contributed by atoms with Crippen LogP contribution in [0.2, 0.25) is 0 Å². The van der Waals surface area contributed by atoms with Gasteiger partial charge >= 0.3 is 0 Å². The molecule has 3 aromatic rings. The fourth-order valence-electron chi connectivity index (χ4n) is 1.79. The summed E-state index contributed by atoms with van der Waals surface area (Å²) in [6, 6.07) is 4.20. The second-order valence-electron chi connectivity index (χ2n) is 4.37. The van der Waals surface area contributed by atoms with Gasteiger partial charge in [0, 0.05) is 29.2 Å². The Morgan fingerprint density at radius 1 is 1.19 bits per heavy atom. The predicted molar refractivity (Wildman–Crippen MR) is 82.9 cm³/mol. The molecule has 0 bridgehead atoms. The van der Waals surface area contributed by atoms with Crippen molar-refractivity contribution in [1.82, 2.24) is 24.5 Å². The van der Waals surface area contributed by atoms with Crippen molar-refractivity contribution < 1.29 is 0 Å². The van der Waals surface area contributed by atoms with E-state index in [0.29, 0.717) is 24.4 Å². The number of aromatic nitrogens is 5. The van der Waals surface area contributed by atoms with Crippen molar-refractivity contribution in [3.63, 3.8) is 0 Å². The Bertz CT molecular complexity index is 720. The molecule has 2 N–H and O–H groups in total. The first-order chi connectivity index (χ1) is 10.2. The normalized spacial score (nSPS) is 10.6. The zero-order chi connectivity index (χ0) is 14.7. The van der Waals surface area contributed by atoms with Gasteiger partial charge in [-0.25, -0.2) is 4.98 Å². The Balaban J connectivity index is 1.82. The molecule has 7 nitrogen and oxygen atoms in total. The highest BCUT2D eigenvalue weighted by molar-refractivity contribution is 7.11. The SMILES string of the molecule is CNc1nc(NCc2ccc(C)s2)nc(-n2ccnc2)n1. The zero-order valence-corrected chi connectivity index (χ0v) is 12.6. The maximum atomic E-state index is 4.40. The molecule has 0 saturated heterocycles. The molecule has 3 aromatic heterocycles. The van der Waals surface area contributed by atoms with E-state index in [1.165, 1.54) is 9.75 Å². The van der Waals surface area contributed by atoms with Crippen LogP contribution >= 0.6 is 11.3 Å². The van der Waals surface area contributed by atoms with Crippen molar-refractivity contribution in [2.45, 2.75) is 13.5 Å². The number of nitrogens with zero attached hydrogens (tertiary/aromatic N) is 5. The monoisotopic (exact) mass is 301 g/mol. The molecule has 0 aliphatic carbocycles. The summed E-state index contributed by atoms with van der Waals surface area (Å²) < 4.78 is 1.74. The van der Waals surface area contributed by atoms with Gasteiger partial charge in [0.15, 0.2) is 0 Å². The van der Waals surface area contributed by atoms with Crippen molar-refractivity contribution >= 4 is 23.2 Å². The molecule has 0 atom stereocenters. The summed E-state index contributed by atoms with van der Waals surface area (Å²) in [6.07, 6.45) is 5.13. The number of nitrogens with one attached hydrogen (secondary N) is 2. The average Bonchev–Trinajstić information content (AvgIpc) is 3.16. The standard InChI is InChI=1S/C13H15N7S/c1-9-3-4-10(21-9)7-16-12-17-11(14-2)18-13(19-12)20-6-5-15-8-20/h3-6,8H,7H2,1-2H3,(H2,14,16,17,18,19). The van der Waals surface area contributed by atoms with E-state index in [1.807, 2.05) is 0 Å². The molecule has 21 heavy (non-hydrogen) atoms. The Morgan fingerprint density at radius 2 is 2.05 bits per heavy atom. The van der Waals surface area contributed by atoms with Crippen molar-refractivity contribution in [3.8, 4) is 5.95 Å². The van der Waals surface area contributed by atoms with Gasteiger partial charge in [-0.2, -0.15) is 15.0 Å². The molecule has 0 saturated carbocycles. The topological polar surface area (TPSA) is 80.5 Å². The van der Waals surface area contributed by atoms with Gasteiger partial charge in [0.2, 0.25) is 17.8 Å². The van der Waals surface area contributed by atoms with E-state index < -0.39 is 0 Å². The summed E-state index contributed by atoms with van der Waals surface area (Å²) in [7, 11) is 1.78. The number of imidazole rings is 1. The van der Waals surface area contributed by atoms with Crippen LogP contribution < -0.4 is 10.6 Å². The van der Waals surface area contributed by atoms with Crippen molar-refractivity contribution in [3.05, 3.63) is 40.6 Å².